The number of nitrogens with zero attached hydrogens (tertiary/aromatic N) is 1. The topological polar surface area (TPSA) is 80.3 Å². The van der Waals surface area contributed by atoms with Gasteiger partial charge in [-0.3, -0.25) is 4.79 Å². The number of rotatable bonds is 8. The van der Waals surface area contributed by atoms with E-state index in [1.165, 1.54) is 6.92 Å². The molecule has 1 aromatic carbocycles. The fourth-order valence-corrected chi connectivity index (χ4v) is 3.25. The highest BCUT2D eigenvalue weighted by Crippen LogP contribution is 2.35. The van der Waals surface area contributed by atoms with Crippen LogP contribution in [-0.4, -0.2) is 35.3 Å². The Hall–Kier alpha value is -2.36. The van der Waals surface area contributed by atoms with E-state index in [1.807, 2.05) is 0 Å². The van der Waals surface area contributed by atoms with Crippen molar-refractivity contribution in [1.29, 1.82) is 0 Å². The molecule has 2 N–H and O–H groups in total. The van der Waals surface area contributed by atoms with Gasteiger partial charge in [0.25, 0.3) is 0 Å². The summed E-state index contributed by atoms with van der Waals surface area (Å²) < 4.78 is 47.2. The summed E-state index contributed by atoms with van der Waals surface area (Å²) in [6, 6.07) is 6.74. The fraction of sp³-hybridized carbons (Fsp3) is 0.471. The first-order valence-electron chi connectivity index (χ1n) is 8.42. The molecule has 0 fully saturated rings. The van der Waals surface area contributed by atoms with Gasteiger partial charge in [-0.15, -0.1) is 0 Å². The van der Waals surface area contributed by atoms with E-state index >= 15 is 0 Å². The van der Waals surface area contributed by atoms with Gasteiger partial charge in [-0.2, -0.15) is 13.2 Å². The van der Waals surface area contributed by atoms with E-state index in [4.69, 9.17) is 0 Å². The van der Waals surface area contributed by atoms with Gasteiger partial charge >= 0.3 is 17.8 Å². The van der Waals surface area contributed by atoms with E-state index in [-0.39, 0.29) is 18.2 Å². The van der Waals surface area contributed by atoms with Crippen molar-refractivity contribution in [3.8, 4) is 0 Å². The zero-order chi connectivity index (χ0) is 20.1. The number of thiazole rings is 1. The first kappa shape index (κ1) is 20.9. The summed E-state index contributed by atoms with van der Waals surface area (Å²) in [5, 5.41) is 3.73. The molecule has 1 atom stereocenters. The maximum absolute atomic E-state index is 14.0. The Labute approximate surface area is 158 Å². The lowest BCUT2D eigenvalue weighted by Gasteiger charge is -2.34. The second-order valence-electron chi connectivity index (χ2n) is 5.73. The minimum Gasteiger partial charge on any atom is -0.463 e. The highest BCUT2D eigenvalue weighted by molar-refractivity contribution is 7.22. The SMILES string of the molecule is CCCCC(=O)N[C@](Nc1nc2ccccc2s1)(C(=O)OCC)C(F)(F)F. The quantitative estimate of drug-likeness (QED) is 0.517. The molecule has 10 heteroatoms. The van der Waals surface area contributed by atoms with Gasteiger partial charge in [0, 0.05) is 6.42 Å². The van der Waals surface area contributed by atoms with E-state index in [0.29, 0.717) is 23.1 Å². The van der Waals surface area contributed by atoms with E-state index in [2.05, 4.69) is 15.0 Å². The predicted octanol–water partition coefficient (Wildman–Crippen LogP) is 3.84. The van der Waals surface area contributed by atoms with Gasteiger partial charge in [0.1, 0.15) is 0 Å². The number of para-hydroxylation sites is 1. The summed E-state index contributed by atoms with van der Waals surface area (Å²) in [7, 11) is 0. The van der Waals surface area contributed by atoms with Crippen LogP contribution in [0.3, 0.4) is 0 Å². The molecule has 1 heterocycles. The molecule has 0 bridgehead atoms. The van der Waals surface area contributed by atoms with Crippen LogP contribution in [0, 0.1) is 0 Å². The number of carbonyl (C=O) groups excluding carboxylic acids is 2. The van der Waals surface area contributed by atoms with Crippen molar-refractivity contribution >= 4 is 38.6 Å². The lowest BCUT2D eigenvalue weighted by Crippen LogP contribution is -2.69. The third kappa shape index (κ3) is 4.68. The molecular weight excluding hydrogens is 383 g/mol. The molecule has 0 spiro atoms. The molecule has 0 aliphatic carbocycles. The van der Waals surface area contributed by atoms with Crippen LogP contribution >= 0.6 is 11.3 Å². The third-order valence-corrected chi connectivity index (χ3v) is 4.63. The number of aromatic nitrogens is 1. The largest absolute Gasteiger partial charge is 0.463 e. The van der Waals surface area contributed by atoms with Gasteiger partial charge in [-0.05, 0) is 25.5 Å². The minimum absolute atomic E-state index is 0.144. The van der Waals surface area contributed by atoms with Crippen molar-refractivity contribution in [3.63, 3.8) is 0 Å². The van der Waals surface area contributed by atoms with Gasteiger partial charge in [-0.25, -0.2) is 9.78 Å². The van der Waals surface area contributed by atoms with Crippen LogP contribution < -0.4 is 10.6 Å². The number of esters is 1. The molecule has 0 saturated carbocycles. The van der Waals surface area contributed by atoms with Gasteiger partial charge in [0.05, 0.1) is 16.8 Å². The number of alkyl halides is 3. The second-order valence-corrected chi connectivity index (χ2v) is 6.76. The zero-order valence-corrected chi connectivity index (χ0v) is 15.7. The Morgan fingerprint density at radius 1 is 1.22 bits per heavy atom. The monoisotopic (exact) mass is 403 g/mol. The van der Waals surface area contributed by atoms with Gasteiger partial charge in [-0.1, -0.05) is 36.8 Å². The number of amides is 1. The summed E-state index contributed by atoms with van der Waals surface area (Å²) >= 11 is 0.939. The van der Waals surface area contributed by atoms with Crippen LogP contribution in [0.4, 0.5) is 18.3 Å². The van der Waals surface area contributed by atoms with Crippen LogP contribution in [0.5, 0.6) is 0 Å². The number of nitrogens with one attached hydrogen (secondary N) is 2. The maximum Gasteiger partial charge on any atom is 0.442 e. The van der Waals surface area contributed by atoms with E-state index in [9.17, 15) is 22.8 Å². The van der Waals surface area contributed by atoms with Crippen molar-refractivity contribution < 1.29 is 27.5 Å². The number of fused-ring (bicyclic) bond motifs is 1. The van der Waals surface area contributed by atoms with Crippen LogP contribution in [0.1, 0.15) is 33.1 Å². The Morgan fingerprint density at radius 3 is 2.52 bits per heavy atom. The van der Waals surface area contributed by atoms with Crippen molar-refractivity contribution in [2.75, 3.05) is 11.9 Å². The third-order valence-electron chi connectivity index (χ3n) is 3.68. The number of anilines is 1. The predicted molar refractivity (Wildman–Crippen MR) is 96.3 cm³/mol. The van der Waals surface area contributed by atoms with E-state index in [0.717, 1.165) is 11.3 Å². The maximum atomic E-state index is 14.0. The molecule has 0 aliphatic heterocycles. The molecule has 0 saturated heterocycles. The normalized spacial score (nSPS) is 13.8. The van der Waals surface area contributed by atoms with Gasteiger partial charge in [0.2, 0.25) is 5.91 Å². The summed E-state index contributed by atoms with van der Waals surface area (Å²) in [4.78, 5) is 28.4. The van der Waals surface area contributed by atoms with Crippen molar-refractivity contribution in [1.82, 2.24) is 10.3 Å². The molecule has 0 unspecified atom stereocenters. The molecule has 6 nitrogen and oxygen atoms in total. The summed E-state index contributed by atoms with van der Waals surface area (Å²) in [6.45, 7) is 2.91. The molecule has 1 amide bonds. The van der Waals surface area contributed by atoms with Crippen LogP contribution in [0.25, 0.3) is 10.2 Å². The van der Waals surface area contributed by atoms with Crippen LogP contribution in [-0.2, 0) is 14.3 Å². The van der Waals surface area contributed by atoms with Crippen LogP contribution in [0.15, 0.2) is 24.3 Å². The molecule has 1 aromatic heterocycles. The number of hydrogen-bond acceptors (Lipinski definition) is 6. The Kier molecular flexibility index (Phi) is 6.63. The molecule has 148 valence electrons. The Balaban J connectivity index is 2.44. The van der Waals surface area contributed by atoms with Gasteiger partial charge in [0.15, 0.2) is 5.13 Å². The first-order chi connectivity index (χ1) is 12.7. The van der Waals surface area contributed by atoms with Crippen LogP contribution in [0.2, 0.25) is 0 Å². The number of carbonyl (C=O) groups is 2. The highest BCUT2D eigenvalue weighted by atomic mass is 32.1. The number of benzene rings is 1. The van der Waals surface area contributed by atoms with Crippen molar-refractivity contribution in [2.45, 2.75) is 44.9 Å². The summed E-state index contributed by atoms with van der Waals surface area (Å²) in [5.41, 5.74) is -2.94. The van der Waals surface area contributed by atoms with E-state index in [1.54, 1.807) is 36.5 Å². The average Bonchev–Trinajstić information content (AvgIpc) is 3.00. The molecule has 27 heavy (non-hydrogen) atoms. The lowest BCUT2D eigenvalue weighted by atomic mass is 10.1. The summed E-state index contributed by atoms with van der Waals surface area (Å²) in [6.07, 6.45) is -4.28. The number of unbranched alkanes of at least 4 members (excludes halogenated alkanes) is 1. The molecule has 0 radical (unpaired) electrons. The van der Waals surface area contributed by atoms with E-state index < -0.39 is 23.7 Å². The molecule has 0 aliphatic rings. The number of hydrogen-bond donors (Lipinski definition) is 2. The molecule has 2 rings (SSSR count). The Bertz CT molecular complexity index is 776. The average molecular weight is 403 g/mol. The fourth-order valence-electron chi connectivity index (χ4n) is 2.33. The standard InChI is InChI=1S/C17H20F3N3O3S/c1-3-5-10-13(24)22-16(17(18,19)20,14(25)26-4-2)23-15-21-11-8-6-7-9-12(11)27-15/h6-9H,3-5,10H2,1-2H3,(H,21,23)(H,22,24)/t16-/m0/s1. The zero-order valence-electron chi connectivity index (χ0n) is 14.9. The number of ether oxygens (including phenoxy) is 1. The Morgan fingerprint density at radius 2 is 1.93 bits per heavy atom. The lowest BCUT2D eigenvalue weighted by molar-refractivity contribution is -0.207. The minimum atomic E-state index is -5.15. The van der Waals surface area contributed by atoms with Gasteiger partial charge < -0.3 is 15.4 Å². The number of halogens is 3. The second kappa shape index (κ2) is 8.55. The highest BCUT2D eigenvalue weighted by Gasteiger charge is 2.64. The molecular formula is C17H20F3N3O3S. The van der Waals surface area contributed by atoms with Crippen molar-refractivity contribution in [2.24, 2.45) is 0 Å². The van der Waals surface area contributed by atoms with Crippen molar-refractivity contribution in [3.05, 3.63) is 24.3 Å². The summed E-state index contributed by atoms with van der Waals surface area (Å²) in [5.74, 6) is -2.54. The molecule has 2 aromatic rings. The smallest absolute Gasteiger partial charge is 0.442 e. The first-order valence-corrected chi connectivity index (χ1v) is 9.24.